The van der Waals surface area contributed by atoms with Crippen LogP contribution in [0.5, 0.6) is 0 Å². The first-order valence-electron chi connectivity index (χ1n) is 9.56. The van der Waals surface area contributed by atoms with Gasteiger partial charge in [-0.1, -0.05) is 42.0 Å². The fraction of sp³-hybridized carbons (Fsp3) is 0.478. The summed E-state index contributed by atoms with van der Waals surface area (Å²) in [5.41, 5.74) is 3.25. The molecule has 1 aliphatic heterocycles. The lowest BCUT2D eigenvalue weighted by atomic mass is 9.83. The summed E-state index contributed by atoms with van der Waals surface area (Å²) in [6.07, 6.45) is 1.37. The maximum atomic E-state index is 14.7. The molecule has 0 amide bonds. The average Bonchev–Trinajstić information content (AvgIpc) is 2.60. The Labute approximate surface area is 156 Å². The summed E-state index contributed by atoms with van der Waals surface area (Å²) in [6, 6.07) is 12.9. The number of hydrogen-bond donors (Lipinski definition) is 1. The number of nitrogens with zero attached hydrogens (tertiary/aromatic N) is 1. The van der Waals surface area contributed by atoms with Gasteiger partial charge in [-0.15, -0.1) is 0 Å². The fourth-order valence-electron chi connectivity index (χ4n) is 4.02. The lowest BCUT2D eigenvalue weighted by Gasteiger charge is -2.43. The maximum absolute atomic E-state index is 14.7. The van der Waals surface area contributed by atoms with Gasteiger partial charge in [-0.25, -0.2) is 4.39 Å². The van der Waals surface area contributed by atoms with Crippen LogP contribution in [0, 0.1) is 18.7 Å². The van der Waals surface area contributed by atoms with Crippen molar-refractivity contribution in [3.63, 3.8) is 0 Å². The molecule has 1 heterocycles. The Morgan fingerprint density at radius 3 is 2.58 bits per heavy atom. The van der Waals surface area contributed by atoms with Crippen LogP contribution in [0.3, 0.4) is 0 Å². The Hall–Kier alpha value is -1.71. The number of likely N-dealkylation sites (tertiary alicyclic amines) is 1. The quantitative estimate of drug-likeness (QED) is 0.803. The van der Waals surface area contributed by atoms with Crippen LogP contribution in [0.2, 0.25) is 0 Å². The normalized spacial score (nSPS) is 20.2. The van der Waals surface area contributed by atoms with Crippen LogP contribution in [0.25, 0.3) is 11.1 Å². The molecular formula is C23H30FNO. The molecule has 0 saturated carbocycles. The van der Waals surface area contributed by atoms with Crippen LogP contribution >= 0.6 is 0 Å². The molecular weight excluding hydrogens is 325 g/mol. The molecule has 1 saturated heterocycles. The molecule has 2 aromatic rings. The summed E-state index contributed by atoms with van der Waals surface area (Å²) in [7, 11) is 0. The molecule has 0 radical (unpaired) electrons. The van der Waals surface area contributed by atoms with Crippen molar-refractivity contribution in [2.45, 2.75) is 52.2 Å². The van der Waals surface area contributed by atoms with E-state index in [1.807, 2.05) is 37.3 Å². The average molecular weight is 355 g/mol. The number of piperidine rings is 1. The van der Waals surface area contributed by atoms with Crippen LogP contribution < -0.4 is 0 Å². The highest BCUT2D eigenvalue weighted by molar-refractivity contribution is 5.69. The molecule has 3 heteroatoms. The number of halogens is 1. The second-order valence-corrected chi connectivity index (χ2v) is 8.54. The van der Waals surface area contributed by atoms with Gasteiger partial charge in [0.1, 0.15) is 5.82 Å². The smallest absolute Gasteiger partial charge is 0.131 e. The summed E-state index contributed by atoms with van der Waals surface area (Å²) < 4.78 is 14.7. The van der Waals surface area contributed by atoms with Gasteiger partial charge < -0.3 is 5.11 Å². The van der Waals surface area contributed by atoms with Gasteiger partial charge in [0.05, 0.1) is 6.10 Å². The van der Waals surface area contributed by atoms with Crippen molar-refractivity contribution in [1.82, 2.24) is 4.90 Å². The van der Waals surface area contributed by atoms with Gasteiger partial charge in [0.2, 0.25) is 0 Å². The predicted molar refractivity (Wildman–Crippen MR) is 106 cm³/mol. The van der Waals surface area contributed by atoms with Crippen LogP contribution in [0.15, 0.2) is 42.5 Å². The summed E-state index contributed by atoms with van der Waals surface area (Å²) in [5, 5.41) is 11.2. The minimum Gasteiger partial charge on any atom is -0.388 e. The number of benzene rings is 2. The fourth-order valence-corrected chi connectivity index (χ4v) is 4.02. The largest absolute Gasteiger partial charge is 0.388 e. The highest BCUT2D eigenvalue weighted by atomic mass is 19.1. The SMILES string of the molecule is Cc1cccc(-c2c(F)cccc2C(O)[C@@H]2CCCN(C(C)(C)C)C2)c1. The van der Waals surface area contributed by atoms with Crippen LogP contribution in [0.1, 0.15) is 50.8 Å². The molecule has 2 atom stereocenters. The van der Waals surface area contributed by atoms with Crippen molar-refractivity contribution in [1.29, 1.82) is 0 Å². The first-order chi connectivity index (χ1) is 12.3. The monoisotopic (exact) mass is 355 g/mol. The van der Waals surface area contributed by atoms with Gasteiger partial charge in [0.15, 0.2) is 0 Å². The third kappa shape index (κ3) is 3.99. The number of aryl methyl sites for hydroxylation is 1. The lowest BCUT2D eigenvalue weighted by molar-refractivity contribution is 0.0149. The molecule has 140 valence electrons. The van der Waals surface area contributed by atoms with Gasteiger partial charge in [-0.05, 0) is 64.3 Å². The number of aliphatic hydroxyl groups is 1. The van der Waals surface area contributed by atoms with E-state index in [0.717, 1.165) is 37.1 Å². The van der Waals surface area contributed by atoms with Gasteiger partial charge >= 0.3 is 0 Å². The third-order valence-electron chi connectivity index (χ3n) is 5.52. The molecule has 1 unspecified atom stereocenters. The van der Waals surface area contributed by atoms with Gasteiger partial charge in [-0.3, -0.25) is 4.90 Å². The standard InChI is InChI=1S/C23H30FNO/c1-16-8-5-9-17(14-16)21-19(11-6-12-20(21)24)22(26)18-10-7-13-25(15-18)23(2,3)4/h5-6,8-9,11-12,14,18,22,26H,7,10,13,15H2,1-4H3/t18-,22?/m1/s1. The van der Waals surface area contributed by atoms with E-state index in [0.29, 0.717) is 11.1 Å². The zero-order valence-corrected chi connectivity index (χ0v) is 16.3. The first kappa shape index (κ1) is 19.1. The summed E-state index contributed by atoms with van der Waals surface area (Å²) in [6.45, 7) is 10.5. The molecule has 26 heavy (non-hydrogen) atoms. The molecule has 0 bridgehead atoms. The van der Waals surface area contributed by atoms with Crippen LogP contribution in [0.4, 0.5) is 4.39 Å². The highest BCUT2D eigenvalue weighted by Gasteiger charge is 2.33. The van der Waals surface area contributed by atoms with Crippen LogP contribution in [-0.4, -0.2) is 28.6 Å². The Morgan fingerprint density at radius 2 is 1.88 bits per heavy atom. The van der Waals surface area contributed by atoms with E-state index in [4.69, 9.17) is 0 Å². The molecule has 2 nitrogen and oxygen atoms in total. The van der Waals surface area contributed by atoms with Crippen LogP contribution in [-0.2, 0) is 0 Å². The second kappa shape index (κ2) is 7.50. The lowest BCUT2D eigenvalue weighted by Crippen LogP contribution is -2.48. The number of aliphatic hydroxyl groups excluding tert-OH is 1. The zero-order chi connectivity index (χ0) is 18.9. The van der Waals surface area contributed by atoms with Gasteiger partial charge in [0, 0.05) is 23.6 Å². The Kier molecular flexibility index (Phi) is 5.50. The topological polar surface area (TPSA) is 23.5 Å². The first-order valence-corrected chi connectivity index (χ1v) is 9.56. The predicted octanol–water partition coefficient (Wildman–Crippen LogP) is 5.35. The van der Waals surface area contributed by atoms with E-state index in [-0.39, 0.29) is 17.3 Å². The van der Waals surface area contributed by atoms with Crippen molar-refractivity contribution in [2.24, 2.45) is 5.92 Å². The minimum absolute atomic E-state index is 0.0830. The Balaban J connectivity index is 1.95. The Morgan fingerprint density at radius 1 is 1.15 bits per heavy atom. The molecule has 0 spiro atoms. The van der Waals surface area contributed by atoms with E-state index in [9.17, 15) is 9.50 Å². The van der Waals surface area contributed by atoms with E-state index in [1.165, 1.54) is 6.07 Å². The summed E-state index contributed by atoms with van der Waals surface area (Å²) in [5.74, 6) is -0.149. The van der Waals surface area contributed by atoms with Crippen molar-refractivity contribution in [3.8, 4) is 11.1 Å². The molecule has 1 fully saturated rings. The number of hydrogen-bond acceptors (Lipinski definition) is 2. The second-order valence-electron chi connectivity index (χ2n) is 8.54. The molecule has 2 aromatic carbocycles. The van der Waals surface area contributed by atoms with Crippen molar-refractivity contribution in [2.75, 3.05) is 13.1 Å². The van der Waals surface area contributed by atoms with Crippen molar-refractivity contribution < 1.29 is 9.50 Å². The van der Waals surface area contributed by atoms with Crippen molar-refractivity contribution >= 4 is 0 Å². The Bertz CT molecular complexity index is 765. The van der Waals surface area contributed by atoms with Crippen molar-refractivity contribution in [3.05, 3.63) is 59.4 Å². The molecule has 0 aromatic heterocycles. The summed E-state index contributed by atoms with van der Waals surface area (Å²) in [4.78, 5) is 2.43. The van der Waals surface area contributed by atoms with E-state index in [2.05, 4.69) is 25.7 Å². The van der Waals surface area contributed by atoms with E-state index >= 15 is 0 Å². The number of rotatable bonds is 3. The third-order valence-corrected chi connectivity index (χ3v) is 5.52. The highest BCUT2D eigenvalue weighted by Crippen LogP contribution is 2.38. The summed E-state index contributed by atoms with van der Waals surface area (Å²) >= 11 is 0. The molecule has 0 aliphatic carbocycles. The van der Waals surface area contributed by atoms with Gasteiger partial charge in [0.25, 0.3) is 0 Å². The molecule has 1 aliphatic rings. The van der Waals surface area contributed by atoms with E-state index in [1.54, 1.807) is 6.07 Å². The van der Waals surface area contributed by atoms with Gasteiger partial charge in [-0.2, -0.15) is 0 Å². The molecule has 1 N–H and O–H groups in total. The zero-order valence-electron chi connectivity index (χ0n) is 16.3. The minimum atomic E-state index is -0.661. The molecule has 3 rings (SSSR count). The van der Waals surface area contributed by atoms with E-state index < -0.39 is 6.10 Å². The maximum Gasteiger partial charge on any atom is 0.131 e.